The van der Waals surface area contributed by atoms with Gasteiger partial charge in [-0.3, -0.25) is 9.36 Å². The topological polar surface area (TPSA) is 72.3 Å². The number of morpholine rings is 1. The van der Waals surface area contributed by atoms with Crippen molar-refractivity contribution in [3.05, 3.63) is 60.2 Å². The number of thioether (sulfide) groups is 1. The van der Waals surface area contributed by atoms with Crippen molar-refractivity contribution in [2.24, 2.45) is 0 Å². The zero-order chi connectivity index (χ0) is 20.8. The van der Waals surface area contributed by atoms with E-state index >= 15 is 0 Å². The van der Waals surface area contributed by atoms with Gasteiger partial charge in [0.2, 0.25) is 11.9 Å². The largest absolute Gasteiger partial charge is 0.378 e. The van der Waals surface area contributed by atoms with Crippen LogP contribution in [0.4, 0.5) is 11.6 Å². The van der Waals surface area contributed by atoms with Gasteiger partial charge in [-0.15, -0.1) is 10.2 Å². The second kappa shape index (κ2) is 9.77. The highest BCUT2D eigenvalue weighted by Crippen LogP contribution is 2.29. The zero-order valence-electron chi connectivity index (χ0n) is 17.0. The summed E-state index contributed by atoms with van der Waals surface area (Å²) in [6, 6.07) is 17.7. The quantitative estimate of drug-likeness (QED) is 0.586. The molecule has 0 atom stereocenters. The minimum Gasteiger partial charge on any atom is -0.378 e. The Bertz CT molecular complexity index is 986. The van der Waals surface area contributed by atoms with E-state index in [1.807, 2.05) is 42.5 Å². The van der Waals surface area contributed by atoms with Gasteiger partial charge in [0.05, 0.1) is 18.9 Å². The van der Waals surface area contributed by atoms with Crippen LogP contribution in [0.25, 0.3) is 5.69 Å². The molecule has 0 saturated carbocycles. The minimum absolute atomic E-state index is 0.0101. The number of rotatable bonds is 7. The highest BCUT2D eigenvalue weighted by molar-refractivity contribution is 7.99. The third kappa shape index (κ3) is 4.83. The summed E-state index contributed by atoms with van der Waals surface area (Å²) in [6.07, 6.45) is 0.396. The summed E-state index contributed by atoms with van der Waals surface area (Å²) < 4.78 is 7.59. The van der Waals surface area contributed by atoms with E-state index < -0.39 is 0 Å². The number of amides is 1. The van der Waals surface area contributed by atoms with Crippen LogP contribution in [0.5, 0.6) is 0 Å². The number of carbonyl (C=O) groups excluding carboxylic acids is 1. The van der Waals surface area contributed by atoms with E-state index in [9.17, 15) is 4.79 Å². The lowest BCUT2D eigenvalue weighted by atomic mass is 10.2. The van der Waals surface area contributed by atoms with Crippen molar-refractivity contribution in [2.75, 3.05) is 42.3 Å². The Hall–Kier alpha value is -2.84. The van der Waals surface area contributed by atoms with Gasteiger partial charge in [0.25, 0.3) is 0 Å². The zero-order valence-corrected chi connectivity index (χ0v) is 17.8. The Kier molecular flexibility index (Phi) is 6.66. The van der Waals surface area contributed by atoms with Crippen molar-refractivity contribution >= 4 is 29.3 Å². The van der Waals surface area contributed by atoms with Gasteiger partial charge in [-0.2, -0.15) is 0 Å². The second-order valence-corrected chi connectivity index (χ2v) is 8.08. The molecule has 1 aliphatic heterocycles. The van der Waals surface area contributed by atoms with Crippen molar-refractivity contribution in [3.63, 3.8) is 0 Å². The van der Waals surface area contributed by atoms with Gasteiger partial charge in [0.1, 0.15) is 0 Å². The van der Waals surface area contributed by atoms with E-state index in [-0.39, 0.29) is 5.91 Å². The number of anilines is 2. The first kappa shape index (κ1) is 20.4. The lowest BCUT2D eigenvalue weighted by Gasteiger charge is -2.28. The van der Waals surface area contributed by atoms with E-state index in [0.29, 0.717) is 25.4 Å². The molecule has 0 bridgehead atoms. The molecule has 0 spiro atoms. The molecule has 30 heavy (non-hydrogen) atoms. The first-order valence-corrected chi connectivity index (χ1v) is 11.0. The lowest BCUT2D eigenvalue weighted by molar-refractivity contribution is -0.115. The first-order valence-electron chi connectivity index (χ1n) is 10.0. The normalized spacial score (nSPS) is 14.0. The van der Waals surface area contributed by atoms with Crippen LogP contribution >= 0.6 is 11.8 Å². The van der Waals surface area contributed by atoms with Gasteiger partial charge >= 0.3 is 0 Å². The molecule has 1 amide bonds. The Balaban J connectivity index is 1.49. The summed E-state index contributed by atoms with van der Waals surface area (Å²) in [7, 11) is 0. The fourth-order valence-corrected chi connectivity index (χ4v) is 4.21. The maximum Gasteiger partial charge on any atom is 0.232 e. The molecular weight excluding hydrogens is 398 g/mol. The monoisotopic (exact) mass is 423 g/mol. The van der Waals surface area contributed by atoms with Gasteiger partial charge in [-0.25, -0.2) is 0 Å². The number of hydrogen-bond donors (Lipinski definition) is 1. The van der Waals surface area contributed by atoms with Gasteiger partial charge < -0.3 is 15.0 Å². The molecule has 1 aliphatic rings. The predicted octanol–water partition coefficient (Wildman–Crippen LogP) is 3.53. The molecule has 7 nitrogen and oxygen atoms in total. The van der Waals surface area contributed by atoms with Crippen LogP contribution in [0.15, 0.2) is 59.8 Å². The Morgan fingerprint density at radius 1 is 1.07 bits per heavy atom. The Morgan fingerprint density at radius 2 is 1.80 bits per heavy atom. The van der Waals surface area contributed by atoms with Crippen LogP contribution in [0.3, 0.4) is 0 Å². The fourth-order valence-electron chi connectivity index (χ4n) is 3.33. The van der Waals surface area contributed by atoms with Crippen molar-refractivity contribution in [2.45, 2.75) is 18.5 Å². The average Bonchev–Trinajstić information content (AvgIpc) is 3.19. The molecule has 0 aliphatic carbocycles. The molecule has 3 aromatic rings. The fraction of sp³-hybridized carbons (Fsp3) is 0.318. The molecule has 4 rings (SSSR count). The number of nitrogens with zero attached hydrogens (tertiary/aromatic N) is 4. The van der Waals surface area contributed by atoms with Crippen LogP contribution in [-0.2, 0) is 9.53 Å². The molecule has 8 heteroatoms. The Morgan fingerprint density at radius 3 is 2.57 bits per heavy atom. The van der Waals surface area contributed by atoms with Gasteiger partial charge in [0, 0.05) is 31.0 Å². The Labute approximate surface area is 180 Å². The number of aryl methyl sites for hydroxylation is 1. The highest BCUT2D eigenvalue weighted by atomic mass is 32.2. The van der Waals surface area contributed by atoms with Gasteiger partial charge in [-0.1, -0.05) is 48.2 Å². The molecule has 1 N–H and O–H groups in total. The maximum atomic E-state index is 12.3. The van der Waals surface area contributed by atoms with Crippen LogP contribution in [0.2, 0.25) is 0 Å². The minimum atomic E-state index is -0.0101. The van der Waals surface area contributed by atoms with Crippen LogP contribution in [-0.4, -0.2) is 52.7 Å². The number of ether oxygens (including phenoxy) is 1. The van der Waals surface area contributed by atoms with Crippen molar-refractivity contribution in [3.8, 4) is 5.69 Å². The molecule has 1 fully saturated rings. The smallest absolute Gasteiger partial charge is 0.232 e. The molecule has 2 heterocycles. The standard InChI is InChI=1S/C22H25N5O2S/c1-17-7-5-6-10-19(17)27-21(26-12-14-29-15-13-26)24-25-22(27)30-16-11-20(28)23-18-8-3-2-4-9-18/h2-10H,11-16H2,1H3,(H,23,28). The molecule has 0 unspecified atom stereocenters. The van der Waals surface area contributed by atoms with E-state index in [0.717, 1.165) is 41.1 Å². The highest BCUT2D eigenvalue weighted by Gasteiger charge is 2.22. The number of benzene rings is 2. The number of para-hydroxylation sites is 2. The van der Waals surface area contributed by atoms with Crippen LogP contribution in [0.1, 0.15) is 12.0 Å². The summed E-state index contributed by atoms with van der Waals surface area (Å²) in [5, 5.41) is 12.6. The molecule has 2 aromatic carbocycles. The summed E-state index contributed by atoms with van der Waals surface area (Å²) in [5.41, 5.74) is 3.01. The van der Waals surface area contributed by atoms with Crippen molar-refractivity contribution < 1.29 is 9.53 Å². The van der Waals surface area contributed by atoms with Gasteiger partial charge in [0.15, 0.2) is 5.16 Å². The average molecular weight is 424 g/mol. The van der Waals surface area contributed by atoms with Gasteiger partial charge in [-0.05, 0) is 30.7 Å². The summed E-state index contributed by atoms with van der Waals surface area (Å²) in [5.74, 6) is 1.43. The van der Waals surface area contributed by atoms with Crippen molar-refractivity contribution in [1.29, 1.82) is 0 Å². The number of carbonyl (C=O) groups is 1. The SMILES string of the molecule is Cc1ccccc1-n1c(SCCC(=O)Nc2ccccc2)nnc1N1CCOCC1. The van der Waals surface area contributed by atoms with Crippen LogP contribution in [0, 0.1) is 6.92 Å². The van der Waals surface area contributed by atoms with E-state index in [2.05, 4.69) is 44.0 Å². The van der Waals surface area contributed by atoms with Crippen LogP contribution < -0.4 is 10.2 Å². The predicted molar refractivity (Wildman–Crippen MR) is 120 cm³/mol. The number of nitrogens with one attached hydrogen (secondary N) is 1. The van der Waals surface area contributed by atoms with E-state index in [4.69, 9.17) is 4.74 Å². The van der Waals surface area contributed by atoms with E-state index in [1.165, 1.54) is 0 Å². The van der Waals surface area contributed by atoms with E-state index in [1.54, 1.807) is 11.8 Å². The van der Waals surface area contributed by atoms with Crippen molar-refractivity contribution in [1.82, 2.24) is 14.8 Å². The molecule has 156 valence electrons. The lowest BCUT2D eigenvalue weighted by Crippen LogP contribution is -2.38. The molecule has 0 radical (unpaired) electrons. The third-order valence-electron chi connectivity index (χ3n) is 4.88. The molecule has 1 saturated heterocycles. The molecule has 1 aromatic heterocycles. The summed E-state index contributed by atoms with van der Waals surface area (Å²) in [4.78, 5) is 14.5. The second-order valence-electron chi connectivity index (χ2n) is 7.02. The summed E-state index contributed by atoms with van der Waals surface area (Å²) >= 11 is 1.54. The number of hydrogen-bond acceptors (Lipinski definition) is 6. The summed E-state index contributed by atoms with van der Waals surface area (Å²) in [6.45, 7) is 5.02. The number of aromatic nitrogens is 3. The maximum absolute atomic E-state index is 12.3. The first-order chi connectivity index (χ1) is 14.7. The molecular formula is C22H25N5O2S. The third-order valence-corrected chi connectivity index (χ3v) is 5.82.